The van der Waals surface area contributed by atoms with Crippen LogP contribution in [0.5, 0.6) is 5.75 Å². The molecule has 1 atom stereocenters. The molecule has 0 radical (unpaired) electrons. The smallest absolute Gasteiger partial charge is 0.271 e. The van der Waals surface area contributed by atoms with Crippen molar-refractivity contribution in [3.8, 4) is 5.75 Å². The second-order valence-corrected chi connectivity index (χ2v) is 8.57. The third-order valence-electron chi connectivity index (χ3n) is 4.06. The Morgan fingerprint density at radius 2 is 1.90 bits per heavy atom. The van der Waals surface area contributed by atoms with Crippen molar-refractivity contribution in [2.24, 2.45) is 0 Å². The molecule has 9 nitrogen and oxygen atoms in total. The number of anilines is 2. The molecule has 0 aliphatic carbocycles. The molecule has 0 saturated heterocycles. The molecule has 2 rings (SSSR count). The van der Waals surface area contributed by atoms with Crippen molar-refractivity contribution in [1.29, 1.82) is 0 Å². The van der Waals surface area contributed by atoms with Crippen LogP contribution >= 0.6 is 11.6 Å². The van der Waals surface area contributed by atoms with E-state index in [2.05, 4.69) is 5.32 Å². The number of rotatable bonds is 8. The Morgan fingerprint density at radius 1 is 1.28 bits per heavy atom. The van der Waals surface area contributed by atoms with Crippen LogP contribution in [0, 0.1) is 10.1 Å². The van der Waals surface area contributed by atoms with Crippen LogP contribution in [0.15, 0.2) is 42.5 Å². The third-order valence-corrected chi connectivity index (χ3v) is 5.59. The van der Waals surface area contributed by atoms with E-state index in [-0.39, 0.29) is 16.4 Å². The summed E-state index contributed by atoms with van der Waals surface area (Å²) in [5.74, 6) is -0.157. The van der Waals surface area contributed by atoms with Gasteiger partial charge in [-0.15, -0.1) is 0 Å². The lowest BCUT2D eigenvalue weighted by Crippen LogP contribution is -2.32. The molecule has 0 unspecified atom stereocenters. The summed E-state index contributed by atoms with van der Waals surface area (Å²) in [6.07, 6.45) is 0.529. The minimum Gasteiger partial charge on any atom is -0.481 e. The number of benzene rings is 2. The van der Waals surface area contributed by atoms with Gasteiger partial charge < -0.3 is 10.1 Å². The van der Waals surface area contributed by atoms with E-state index in [1.54, 1.807) is 31.2 Å². The number of hydrogen-bond acceptors (Lipinski definition) is 6. The summed E-state index contributed by atoms with van der Waals surface area (Å²) in [4.78, 5) is 22.9. The predicted molar refractivity (Wildman–Crippen MR) is 111 cm³/mol. The molecule has 0 aliphatic heterocycles. The summed E-state index contributed by atoms with van der Waals surface area (Å²) in [5, 5.41) is 13.6. The van der Waals surface area contributed by atoms with Gasteiger partial charge in [-0.05, 0) is 36.8 Å². The van der Waals surface area contributed by atoms with Gasteiger partial charge in [-0.1, -0.05) is 18.5 Å². The van der Waals surface area contributed by atoms with E-state index in [9.17, 15) is 23.3 Å². The second kappa shape index (κ2) is 9.10. The Hall–Kier alpha value is -2.85. The highest BCUT2D eigenvalue weighted by molar-refractivity contribution is 7.92. The highest BCUT2D eigenvalue weighted by Crippen LogP contribution is 2.27. The third kappa shape index (κ3) is 5.81. The second-order valence-electron chi connectivity index (χ2n) is 6.15. The maximum atomic E-state index is 12.5. The highest BCUT2D eigenvalue weighted by atomic mass is 35.5. The van der Waals surface area contributed by atoms with Crippen LogP contribution in [-0.2, 0) is 14.8 Å². The van der Waals surface area contributed by atoms with Gasteiger partial charge in [-0.25, -0.2) is 8.42 Å². The van der Waals surface area contributed by atoms with Crippen LogP contribution in [0.25, 0.3) is 0 Å². The lowest BCUT2D eigenvalue weighted by Gasteiger charge is -2.19. The van der Waals surface area contributed by atoms with Gasteiger partial charge in [0.2, 0.25) is 10.0 Å². The summed E-state index contributed by atoms with van der Waals surface area (Å²) in [7, 11) is -1.96. The number of carbonyl (C=O) groups is 1. The zero-order valence-corrected chi connectivity index (χ0v) is 17.5. The Labute approximate surface area is 173 Å². The fraction of sp³-hybridized carbons (Fsp3) is 0.278. The molecule has 1 amide bonds. The highest BCUT2D eigenvalue weighted by Gasteiger charge is 2.21. The normalized spacial score (nSPS) is 12.1. The lowest BCUT2D eigenvalue weighted by molar-refractivity contribution is -0.384. The summed E-state index contributed by atoms with van der Waals surface area (Å²) in [5.41, 5.74) is 0.350. The quantitative estimate of drug-likeness (QED) is 0.495. The van der Waals surface area contributed by atoms with Crippen molar-refractivity contribution in [2.45, 2.75) is 19.4 Å². The average molecular weight is 442 g/mol. The fourth-order valence-corrected chi connectivity index (χ4v) is 3.02. The van der Waals surface area contributed by atoms with E-state index in [0.717, 1.165) is 10.6 Å². The molecule has 0 fully saturated rings. The topological polar surface area (TPSA) is 119 Å². The number of sulfonamides is 1. The molecular formula is C18H20ClN3O6S. The number of ether oxygens (including phenoxy) is 1. The monoisotopic (exact) mass is 441 g/mol. The SMILES string of the molecule is CC[C@@H](Oc1ccc(N(C)S(C)(=O)=O)cc1)C(=O)Nc1cc([N+](=O)[O-])ccc1Cl. The lowest BCUT2D eigenvalue weighted by atomic mass is 10.2. The van der Waals surface area contributed by atoms with Gasteiger partial charge in [0.1, 0.15) is 5.75 Å². The molecule has 0 bridgehead atoms. The van der Waals surface area contributed by atoms with Crippen molar-refractivity contribution in [1.82, 2.24) is 0 Å². The van der Waals surface area contributed by atoms with Gasteiger partial charge in [-0.2, -0.15) is 0 Å². The van der Waals surface area contributed by atoms with Gasteiger partial charge in [0, 0.05) is 19.2 Å². The number of nitrogens with one attached hydrogen (secondary N) is 1. The first kappa shape index (κ1) is 22.4. The molecule has 11 heteroatoms. The van der Waals surface area contributed by atoms with Crippen molar-refractivity contribution >= 4 is 44.6 Å². The van der Waals surface area contributed by atoms with Crippen LogP contribution in [0.1, 0.15) is 13.3 Å². The van der Waals surface area contributed by atoms with Gasteiger partial charge >= 0.3 is 0 Å². The summed E-state index contributed by atoms with van der Waals surface area (Å²) in [6, 6.07) is 9.94. The first-order valence-electron chi connectivity index (χ1n) is 8.48. The summed E-state index contributed by atoms with van der Waals surface area (Å²) in [6.45, 7) is 1.74. The Kier molecular flexibility index (Phi) is 7.04. The first-order chi connectivity index (χ1) is 13.5. The maximum absolute atomic E-state index is 12.5. The number of nitro benzene ring substituents is 1. The largest absolute Gasteiger partial charge is 0.481 e. The standard InChI is InChI=1S/C18H20ClN3O6S/c1-4-17(18(23)20-16-11-13(22(24)25)7-10-15(16)19)28-14-8-5-12(6-9-14)21(2)29(3,26)27/h5-11,17H,4H2,1-3H3,(H,20,23)/t17-/m1/s1. The van der Waals surface area contributed by atoms with Crippen molar-refractivity contribution in [3.63, 3.8) is 0 Å². The summed E-state index contributed by atoms with van der Waals surface area (Å²) >= 11 is 6.01. The van der Waals surface area contributed by atoms with Gasteiger partial charge in [0.05, 0.1) is 27.6 Å². The molecule has 0 saturated carbocycles. The molecule has 0 aromatic heterocycles. The fourth-order valence-electron chi connectivity index (χ4n) is 2.35. The van der Waals surface area contributed by atoms with Crippen molar-refractivity contribution < 1.29 is 22.9 Å². The maximum Gasteiger partial charge on any atom is 0.271 e. The summed E-state index contributed by atoms with van der Waals surface area (Å²) < 4.78 is 30.0. The van der Waals surface area contributed by atoms with Gasteiger partial charge in [0.25, 0.3) is 11.6 Å². The first-order valence-corrected chi connectivity index (χ1v) is 10.7. The molecule has 1 N–H and O–H groups in total. The average Bonchev–Trinajstić information content (AvgIpc) is 2.66. The van der Waals surface area contributed by atoms with Crippen LogP contribution in [-0.4, -0.2) is 38.7 Å². The molecule has 29 heavy (non-hydrogen) atoms. The molecule has 0 aliphatic rings. The van der Waals surface area contributed by atoms with E-state index in [4.69, 9.17) is 16.3 Å². The number of nitro groups is 1. The number of halogens is 1. The minimum absolute atomic E-state index is 0.109. The molecular weight excluding hydrogens is 422 g/mol. The van der Waals surface area contributed by atoms with E-state index in [0.29, 0.717) is 17.9 Å². The van der Waals surface area contributed by atoms with Crippen LogP contribution in [0.4, 0.5) is 17.1 Å². The zero-order chi connectivity index (χ0) is 21.8. The molecule has 0 heterocycles. The van der Waals surface area contributed by atoms with Gasteiger partial charge in [-0.3, -0.25) is 19.2 Å². The molecule has 2 aromatic rings. The van der Waals surface area contributed by atoms with Gasteiger partial charge in [0.15, 0.2) is 6.10 Å². The van der Waals surface area contributed by atoms with Crippen LogP contribution in [0.3, 0.4) is 0 Å². The Balaban J connectivity index is 2.13. The molecule has 2 aromatic carbocycles. The molecule has 156 valence electrons. The Bertz CT molecular complexity index is 1010. The number of non-ortho nitro benzene ring substituents is 1. The number of amides is 1. The number of hydrogen-bond donors (Lipinski definition) is 1. The zero-order valence-electron chi connectivity index (χ0n) is 16.0. The number of nitrogens with zero attached hydrogens (tertiary/aromatic N) is 2. The van der Waals surface area contributed by atoms with E-state index in [1.165, 1.54) is 25.2 Å². The van der Waals surface area contributed by atoms with E-state index < -0.39 is 27.0 Å². The molecule has 0 spiro atoms. The van der Waals surface area contributed by atoms with Crippen LogP contribution < -0.4 is 14.4 Å². The Morgan fingerprint density at radius 3 is 2.41 bits per heavy atom. The van der Waals surface area contributed by atoms with E-state index >= 15 is 0 Å². The minimum atomic E-state index is -3.39. The predicted octanol–water partition coefficient (Wildman–Crippen LogP) is 3.44. The number of carbonyl (C=O) groups excluding carboxylic acids is 1. The van der Waals surface area contributed by atoms with Crippen molar-refractivity contribution in [2.75, 3.05) is 22.9 Å². The van der Waals surface area contributed by atoms with E-state index in [1.807, 2.05) is 0 Å². The van der Waals surface area contributed by atoms with Crippen molar-refractivity contribution in [3.05, 3.63) is 57.6 Å². The van der Waals surface area contributed by atoms with Crippen LogP contribution in [0.2, 0.25) is 5.02 Å².